The number of rotatable bonds is 5. The Hall–Kier alpha value is -1.88. The van der Waals surface area contributed by atoms with E-state index in [1.54, 1.807) is 36.2 Å². The SMILES string of the molecule is CCN(C)C(=O)c1cccc(C(=O)NC2CCCC2(C)CO)c1. The number of aliphatic hydroxyl groups is 1. The van der Waals surface area contributed by atoms with Crippen LogP contribution < -0.4 is 5.32 Å². The van der Waals surface area contributed by atoms with Crippen molar-refractivity contribution in [1.82, 2.24) is 10.2 Å². The third-order valence-electron chi connectivity index (χ3n) is 4.94. The van der Waals surface area contributed by atoms with Crippen molar-refractivity contribution in [3.8, 4) is 0 Å². The average Bonchev–Trinajstić information content (AvgIpc) is 2.94. The number of hydrogen-bond donors (Lipinski definition) is 2. The molecule has 1 aliphatic rings. The number of amides is 2. The largest absolute Gasteiger partial charge is 0.396 e. The molecule has 126 valence electrons. The van der Waals surface area contributed by atoms with Gasteiger partial charge in [-0.2, -0.15) is 0 Å². The fourth-order valence-electron chi connectivity index (χ4n) is 3.07. The summed E-state index contributed by atoms with van der Waals surface area (Å²) in [7, 11) is 1.74. The highest BCUT2D eigenvalue weighted by molar-refractivity contribution is 5.99. The monoisotopic (exact) mass is 318 g/mol. The Morgan fingerprint density at radius 3 is 2.74 bits per heavy atom. The quantitative estimate of drug-likeness (QED) is 0.873. The molecule has 1 aromatic carbocycles. The first kappa shape index (κ1) is 17.5. The highest BCUT2D eigenvalue weighted by Gasteiger charge is 2.39. The van der Waals surface area contributed by atoms with Gasteiger partial charge in [-0.15, -0.1) is 0 Å². The molecule has 2 unspecified atom stereocenters. The zero-order chi connectivity index (χ0) is 17.0. The fraction of sp³-hybridized carbons (Fsp3) is 0.556. The third-order valence-corrected chi connectivity index (χ3v) is 4.94. The van der Waals surface area contributed by atoms with Gasteiger partial charge in [-0.05, 0) is 38.0 Å². The molecule has 2 rings (SSSR count). The minimum Gasteiger partial charge on any atom is -0.396 e. The molecule has 2 atom stereocenters. The molecule has 0 heterocycles. The molecule has 5 nitrogen and oxygen atoms in total. The molecular formula is C18H26N2O3. The summed E-state index contributed by atoms with van der Waals surface area (Å²) >= 11 is 0. The van der Waals surface area contributed by atoms with Gasteiger partial charge >= 0.3 is 0 Å². The van der Waals surface area contributed by atoms with Crippen LogP contribution >= 0.6 is 0 Å². The van der Waals surface area contributed by atoms with Crippen molar-refractivity contribution in [3.63, 3.8) is 0 Å². The van der Waals surface area contributed by atoms with E-state index in [2.05, 4.69) is 5.32 Å². The lowest BCUT2D eigenvalue weighted by Crippen LogP contribution is -2.44. The first-order chi connectivity index (χ1) is 10.9. The van der Waals surface area contributed by atoms with E-state index >= 15 is 0 Å². The van der Waals surface area contributed by atoms with Gasteiger partial charge in [-0.1, -0.05) is 19.4 Å². The maximum atomic E-state index is 12.5. The second-order valence-corrected chi connectivity index (χ2v) is 6.63. The number of hydrogen-bond acceptors (Lipinski definition) is 3. The summed E-state index contributed by atoms with van der Waals surface area (Å²) in [6, 6.07) is 6.76. The minimum absolute atomic E-state index is 0.0299. The van der Waals surface area contributed by atoms with E-state index in [1.807, 2.05) is 13.8 Å². The van der Waals surface area contributed by atoms with Gasteiger partial charge in [0.05, 0.1) is 6.61 Å². The highest BCUT2D eigenvalue weighted by atomic mass is 16.3. The van der Waals surface area contributed by atoms with E-state index in [0.717, 1.165) is 19.3 Å². The van der Waals surface area contributed by atoms with E-state index in [0.29, 0.717) is 17.7 Å². The Balaban J connectivity index is 2.13. The van der Waals surface area contributed by atoms with Gasteiger partial charge in [0.25, 0.3) is 11.8 Å². The van der Waals surface area contributed by atoms with E-state index in [-0.39, 0.29) is 29.9 Å². The van der Waals surface area contributed by atoms with Crippen molar-refractivity contribution < 1.29 is 14.7 Å². The van der Waals surface area contributed by atoms with Crippen LogP contribution in [-0.4, -0.2) is 48.1 Å². The smallest absolute Gasteiger partial charge is 0.253 e. The van der Waals surface area contributed by atoms with E-state index in [1.165, 1.54) is 0 Å². The molecule has 0 spiro atoms. The van der Waals surface area contributed by atoms with Crippen LogP contribution in [0.3, 0.4) is 0 Å². The van der Waals surface area contributed by atoms with Crippen molar-refractivity contribution in [2.24, 2.45) is 5.41 Å². The Kier molecular flexibility index (Phi) is 5.42. The van der Waals surface area contributed by atoms with Crippen molar-refractivity contribution in [3.05, 3.63) is 35.4 Å². The standard InChI is InChI=1S/C18H26N2O3/c1-4-20(3)17(23)14-8-5-7-13(11-14)16(22)19-15-9-6-10-18(15,2)12-21/h5,7-8,11,15,21H,4,6,9-10,12H2,1-3H3,(H,19,22). The molecule has 0 radical (unpaired) electrons. The summed E-state index contributed by atoms with van der Waals surface area (Å²) in [6.45, 7) is 4.59. The lowest BCUT2D eigenvalue weighted by atomic mass is 9.85. The van der Waals surface area contributed by atoms with Gasteiger partial charge in [0.15, 0.2) is 0 Å². The van der Waals surface area contributed by atoms with Crippen LogP contribution in [0.1, 0.15) is 53.8 Å². The second kappa shape index (κ2) is 7.13. The molecule has 2 amide bonds. The van der Waals surface area contributed by atoms with Crippen LogP contribution in [0.25, 0.3) is 0 Å². The molecule has 2 N–H and O–H groups in total. The maximum absolute atomic E-state index is 12.5. The number of carbonyl (C=O) groups excluding carboxylic acids is 2. The van der Waals surface area contributed by atoms with Crippen LogP contribution in [0.15, 0.2) is 24.3 Å². The molecule has 5 heteroatoms. The van der Waals surface area contributed by atoms with Gasteiger partial charge in [0.2, 0.25) is 0 Å². The van der Waals surface area contributed by atoms with Crippen LogP contribution in [0, 0.1) is 5.41 Å². The van der Waals surface area contributed by atoms with Crippen molar-refractivity contribution in [1.29, 1.82) is 0 Å². The Morgan fingerprint density at radius 2 is 2.09 bits per heavy atom. The number of carbonyl (C=O) groups is 2. The maximum Gasteiger partial charge on any atom is 0.253 e. The topological polar surface area (TPSA) is 69.6 Å². The lowest BCUT2D eigenvalue weighted by Gasteiger charge is -2.30. The third kappa shape index (κ3) is 3.72. The summed E-state index contributed by atoms with van der Waals surface area (Å²) in [5.74, 6) is -0.284. The molecule has 1 saturated carbocycles. The molecule has 1 aromatic rings. The van der Waals surface area contributed by atoms with Crippen LogP contribution in [0.2, 0.25) is 0 Å². The van der Waals surface area contributed by atoms with E-state index in [9.17, 15) is 14.7 Å². The summed E-state index contributed by atoms with van der Waals surface area (Å²) in [5.41, 5.74) is 0.733. The van der Waals surface area contributed by atoms with E-state index in [4.69, 9.17) is 0 Å². The zero-order valence-corrected chi connectivity index (χ0v) is 14.1. The van der Waals surface area contributed by atoms with Crippen molar-refractivity contribution >= 4 is 11.8 Å². The summed E-state index contributed by atoms with van der Waals surface area (Å²) in [4.78, 5) is 26.3. The van der Waals surface area contributed by atoms with Crippen LogP contribution in [0.4, 0.5) is 0 Å². The van der Waals surface area contributed by atoms with Gasteiger partial charge < -0.3 is 15.3 Å². The fourth-order valence-corrected chi connectivity index (χ4v) is 3.07. The number of benzene rings is 1. The van der Waals surface area contributed by atoms with Crippen LogP contribution in [-0.2, 0) is 0 Å². The molecule has 1 fully saturated rings. The molecule has 0 aliphatic heterocycles. The molecule has 1 aliphatic carbocycles. The summed E-state index contributed by atoms with van der Waals surface area (Å²) < 4.78 is 0. The Bertz CT molecular complexity index is 587. The highest BCUT2D eigenvalue weighted by Crippen LogP contribution is 2.37. The molecule has 0 saturated heterocycles. The van der Waals surface area contributed by atoms with Gasteiger partial charge in [0, 0.05) is 36.2 Å². The van der Waals surface area contributed by atoms with E-state index < -0.39 is 0 Å². The van der Waals surface area contributed by atoms with Crippen molar-refractivity contribution in [2.45, 2.75) is 39.2 Å². The molecule has 23 heavy (non-hydrogen) atoms. The first-order valence-electron chi connectivity index (χ1n) is 8.18. The van der Waals surface area contributed by atoms with Crippen molar-refractivity contribution in [2.75, 3.05) is 20.2 Å². The number of aliphatic hydroxyl groups excluding tert-OH is 1. The number of nitrogens with zero attached hydrogens (tertiary/aromatic N) is 1. The minimum atomic E-state index is -0.258. The Labute approximate surface area is 137 Å². The Morgan fingerprint density at radius 1 is 1.39 bits per heavy atom. The predicted octanol–water partition coefficient (Wildman–Crippen LogP) is 2.06. The van der Waals surface area contributed by atoms with Crippen LogP contribution in [0.5, 0.6) is 0 Å². The average molecular weight is 318 g/mol. The molecule has 0 bridgehead atoms. The molecular weight excluding hydrogens is 292 g/mol. The zero-order valence-electron chi connectivity index (χ0n) is 14.1. The molecule has 0 aromatic heterocycles. The normalized spacial score (nSPS) is 23.6. The summed E-state index contributed by atoms with van der Waals surface area (Å²) in [6.07, 6.45) is 2.79. The summed E-state index contributed by atoms with van der Waals surface area (Å²) in [5, 5.41) is 12.6. The van der Waals surface area contributed by atoms with Gasteiger partial charge in [0.1, 0.15) is 0 Å². The predicted molar refractivity (Wildman–Crippen MR) is 89.4 cm³/mol. The van der Waals surface area contributed by atoms with Gasteiger partial charge in [-0.3, -0.25) is 9.59 Å². The number of nitrogens with one attached hydrogen (secondary N) is 1. The van der Waals surface area contributed by atoms with Gasteiger partial charge in [-0.25, -0.2) is 0 Å². The first-order valence-corrected chi connectivity index (χ1v) is 8.18. The second-order valence-electron chi connectivity index (χ2n) is 6.63. The lowest BCUT2D eigenvalue weighted by molar-refractivity contribution is 0.0802.